The number of aryl methyl sites for hydroxylation is 1. The number of nitrogens with one attached hydrogen (secondary N) is 1. The Kier molecular flexibility index (Phi) is 7.66. The highest BCUT2D eigenvalue weighted by Gasteiger charge is 2.23. The molecule has 0 saturated carbocycles. The first-order chi connectivity index (χ1) is 14.4. The third-order valence-electron chi connectivity index (χ3n) is 5.24. The van der Waals surface area contributed by atoms with Gasteiger partial charge in [0.25, 0.3) is 0 Å². The van der Waals surface area contributed by atoms with Crippen molar-refractivity contribution in [3.8, 4) is 0 Å². The van der Waals surface area contributed by atoms with E-state index in [9.17, 15) is 9.59 Å². The summed E-state index contributed by atoms with van der Waals surface area (Å²) >= 11 is 6.01. The number of carbonyl (C=O) groups is 2. The summed E-state index contributed by atoms with van der Waals surface area (Å²) in [5, 5.41) is 3.53. The van der Waals surface area contributed by atoms with Gasteiger partial charge in [-0.1, -0.05) is 35.9 Å². The number of hydrogen-bond acceptors (Lipinski definition) is 3. The van der Waals surface area contributed by atoms with Crippen LogP contribution in [-0.2, 0) is 14.3 Å². The average molecular weight is 427 g/mol. The SMILES string of the molecule is Cc1cccc(NC(=O)CN(C[C@H]2CCCO2)C(=O)/C=C/c2cccc(Cl)c2)c1C. The van der Waals surface area contributed by atoms with Crippen molar-refractivity contribution >= 4 is 35.2 Å². The van der Waals surface area contributed by atoms with Crippen LogP contribution in [0.1, 0.15) is 29.5 Å². The lowest BCUT2D eigenvalue weighted by Crippen LogP contribution is -2.41. The molecule has 6 heteroatoms. The molecule has 0 aliphatic carbocycles. The Bertz CT molecular complexity index is 936. The summed E-state index contributed by atoms with van der Waals surface area (Å²) < 4.78 is 5.68. The van der Waals surface area contributed by atoms with E-state index < -0.39 is 0 Å². The van der Waals surface area contributed by atoms with Gasteiger partial charge in [-0.05, 0) is 67.7 Å². The lowest BCUT2D eigenvalue weighted by molar-refractivity contribution is -0.131. The monoisotopic (exact) mass is 426 g/mol. The zero-order valence-corrected chi connectivity index (χ0v) is 18.1. The fraction of sp³-hybridized carbons (Fsp3) is 0.333. The van der Waals surface area contributed by atoms with Gasteiger partial charge in [0.15, 0.2) is 0 Å². The molecule has 1 N–H and O–H groups in total. The number of amides is 2. The molecule has 0 aromatic heterocycles. The van der Waals surface area contributed by atoms with Crippen LogP contribution in [-0.4, -0.2) is 42.5 Å². The van der Waals surface area contributed by atoms with E-state index >= 15 is 0 Å². The zero-order valence-electron chi connectivity index (χ0n) is 17.4. The summed E-state index contributed by atoms with van der Waals surface area (Å²) in [5.41, 5.74) is 3.71. The molecule has 0 spiro atoms. The Morgan fingerprint density at radius 2 is 2.03 bits per heavy atom. The molecule has 1 atom stereocenters. The lowest BCUT2D eigenvalue weighted by Gasteiger charge is -2.24. The third kappa shape index (κ3) is 6.18. The fourth-order valence-corrected chi connectivity index (χ4v) is 3.60. The van der Waals surface area contributed by atoms with Gasteiger partial charge in [0.2, 0.25) is 11.8 Å². The minimum absolute atomic E-state index is 0.0358. The Labute approximate surface area is 182 Å². The molecule has 5 nitrogen and oxygen atoms in total. The van der Waals surface area contributed by atoms with E-state index in [0.717, 1.165) is 35.2 Å². The molecule has 1 heterocycles. The Hall–Kier alpha value is -2.63. The van der Waals surface area contributed by atoms with Gasteiger partial charge in [0.05, 0.1) is 6.10 Å². The van der Waals surface area contributed by atoms with Gasteiger partial charge < -0.3 is 15.0 Å². The summed E-state index contributed by atoms with van der Waals surface area (Å²) in [6.45, 7) is 5.01. The van der Waals surface area contributed by atoms with E-state index in [4.69, 9.17) is 16.3 Å². The maximum atomic E-state index is 12.9. The predicted octanol–water partition coefficient (Wildman–Crippen LogP) is 4.62. The highest BCUT2D eigenvalue weighted by molar-refractivity contribution is 6.30. The number of halogens is 1. The fourth-order valence-electron chi connectivity index (χ4n) is 3.40. The minimum Gasteiger partial charge on any atom is -0.376 e. The van der Waals surface area contributed by atoms with Crippen LogP contribution in [0.2, 0.25) is 5.02 Å². The first-order valence-corrected chi connectivity index (χ1v) is 10.5. The summed E-state index contributed by atoms with van der Waals surface area (Å²) in [7, 11) is 0. The highest BCUT2D eigenvalue weighted by atomic mass is 35.5. The van der Waals surface area contributed by atoms with Crippen LogP contribution in [0.5, 0.6) is 0 Å². The number of rotatable bonds is 7. The molecule has 1 aliphatic rings. The Morgan fingerprint density at radius 3 is 2.77 bits per heavy atom. The molecule has 0 unspecified atom stereocenters. The van der Waals surface area contributed by atoms with Crippen molar-refractivity contribution in [2.45, 2.75) is 32.8 Å². The van der Waals surface area contributed by atoms with Crippen LogP contribution < -0.4 is 5.32 Å². The van der Waals surface area contributed by atoms with Gasteiger partial charge >= 0.3 is 0 Å². The molecule has 0 bridgehead atoms. The zero-order chi connectivity index (χ0) is 21.5. The standard InChI is InChI=1S/C24H27ClN2O3/c1-17-6-3-10-22(18(17)2)26-23(28)16-27(15-21-9-5-13-30-21)24(29)12-11-19-7-4-8-20(25)14-19/h3-4,6-8,10-12,14,21H,5,9,13,15-16H2,1-2H3,(H,26,28)/b12-11+/t21-/m1/s1. The van der Waals surface area contributed by atoms with Crippen LogP contribution in [0.15, 0.2) is 48.5 Å². The Morgan fingerprint density at radius 1 is 1.23 bits per heavy atom. The van der Waals surface area contributed by atoms with Gasteiger partial charge in [-0.25, -0.2) is 0 Å². The normalized spacial score (nSPS) is 16.0. The molecule has 3 rings (SSSR count). The first-order valence-electron chi connectivity index (χ1n) is 10.1. The second kappa shape index (κ2) is 10.4. The number of carbonyl (C=O) groups excluding carboxylic acids is 2. The van der Waals surface area contributed by atoms with E-state index in [-0.39, 0.29) is 24.5 Å². The summed E-state index contributed by atoms with van der Waals surface area (Å²) in [4.78, 5) is 27.1. The van der Waals surface area contributed by atoms with Crippen LogP contribution in [0.4, 0.5) is 5.69 Å². The smallest absolute Gasteiger partial charge is 0.247 e. The number of anilines is 1. The van der Waals surface area contributed by atoms with E-state index in [0.29, 0.717) is 18.2 Å². The molecule has 1 aliphatic heterocycles. The van der Waals surface area contributed by atoms with Crippen molar-refractivity contribution in [2.24, 2.45) is 0 Å². The van der Waals surface area contributed by atoms with Gasteiger partial charge in [0.1, 0.15) is 6.54 Å². The molecule has 158 valence electrons. The predicted molar refractivity (Wildman–Crippen MR) is 121 cm³/mol. The molecule has 1 saturated heterocycles. The summed E-state index contributed by atoms with van der Waals surface area (Å²) in [6.07, 6.45) is 5.01. The molecule has 0 radical (unpaired) electrons. The molecule has 2 aromatic rings. The van der Waals surface area contributed by atoms with Crippen molar-refractivity contribution in [1.29, 1.82) is 0 Å². The van der Waals surface area contributed by atoms with Crippen molar-refractivity contribution in [3.05, 3.63) is 70.3 Å². The maximum Gasteiger partial charge on any atom is 0.247 e. The maximum absolute atomic E-state index is 12.9. The van der Waals surface area contributed by atoms with Crippen molar-refractivity contribution < 1.29 is 14.3 Å². The topological polar surface area (TPSA) is 58.6 Å². The van der Waals surface area contributed by atoms with Crippen molar-refractivity contribution in [1.82, 2.24) is 4.90 Å². The quantitative estimate of drug-likeness (QED) is 0.657. The van der Waals surface area contributed by atoms with Gasteiger partial charge in [-0.15, -0.1) is 0 Å². The van der Waals surface area contributed by atoms with E-state index in [1.165, 1.54) is 11.0 Å². The van der Waals surface area contributed by atoms with Crippen molar-refractivity contribution in [2.75, 3.05) is 25.0 Å². The minimum atomic E-state index is -0.235. The van der Waals surface area contributed by atoms with Crippen molar-refractivity contribution in [3.63, 3.8) is 0 Å². The molecular weight excluding hydrogens is 400 g/mol. The molecule has 1 fully saturated rings. The number of ether oxygens (including phenoxy) is 1. The molecule has 30 heavy (non-hydrogen) atoms. The largest absolute Gasteiger partial charge is 0.376 e. The number of hydrogen-bond donors (Lipinski definition) is 1. The van der Waals surface area contributed by atoms with Crippen LogP contribution in [0.25, 0.3) is 6.08 Å². The lowest BCUT2D eigenvalue weighted by atomic mass is 10.1. The third-order valence-corrected chi connectivity index (χ3v) is 5.48. The Balaban J connectivity index is 1.70. The highest BCUT2D eigenvalue weighted by Crippen LogP contribution is 2.19. The second-order valence-electron chi connectivity index (χ2n) is 7.54. The summed E-state index contributed by atoms with van der Waals surface area (Å²) in [6, 6.07) is 13.0. The van der Waals surface area contributed by atoms with Crippen LogP contribution in [0.3, 0.4) is 0 Å². The number of nitrogens with zero attached hydrogens (tertiary/aromatic N) is 1. The van der Waals surface area contributed by atoms with E-state index in [1.807, 2.05) is 44.2 Å². The second-order valence-corrected chi connectivity index (χ2v) is 7.97. The molecule has 2 aromatic carbocycles. The summed E-state index contributed by atoms with van der Waals surface area (Å²) in [5.74, 6) is -0.465. The van der Waals surface area contributed by atoms with Gasteiger partial charge in [0, 0.05) is 29.9 Å². The number of benzene rings is 2. The first kappa shape index (κ1) is 22.1. The van der Waals surface area contributed by atoms with Crippen LogP contribution >= 0.6 is 11.6 Å². The van der Waals surface area contributed by atoms with E-state index in [2.05, 4.69) is 5.32 Å². The van der Waals surface area contributed by atoms with Gasteiger partial charge in [-0.3, -0.25) is 9.59 Å². The van der Waals surface area contributed by atoms with Crippen LogP contribution in [0, 0.1) is 13.8 Å². The molecule has 2 amide bonds. The average Bonchev–Trinajstić information content (AvgIpc) is 3.22. The van der Waals surface area contributed by atoms with Gasteiger partial charge in [-0.2, -0.15) is 0 Å². The molecular formula is C24H27ClN2O3. The van der Waals surface area contributed by atoms with E-state index in [1.54, 1.807) is 18.2 Å².